The summed E-state index contributed by atoms with van der Waals surface area (Å²) in [6, 6.07) is 0. The molecule has 0 spiro atoms. The largest absolute Gasteiger partial charge is 0.498 e. The zero-order valence-electron chi connectivity index (χ0n) is 6.65. The summed E-state index contributed by atoms with van der Waals surface area (Å²) in [7, 11) is 3.08. The monoisotopic (exact) mass is 156 g/mol. The van der Waals surface area contributed by atoms with Gasteiger partial charge in [0.1, 0.15) is 18.0 Å². The molecule has 0 saturated carbocycles. The van der Waals surface area contributed by atoms with Gasteiger partial charge in [0.15, 0.2) is 0 Å². The highest BCUT2D eigenvalue weighted by Gasteiger charge is 2.22. The first-order chi connectivity index (χ1) is 5.29. The van der Waals surface area contributed by atoms with Gasteiger partial charge in [-0.1, -0.05) is 12.2 Å². The van der Waals surface area contributed by atoms with Crippen LogP contribution in [0.4, 0.5) is 0 Å². The summed E-state index contributed by atoms with van der Waals surface area (Å²) in [6.45, 7) is 0. The summed E-state index contributed by atoms with van der Waals surface area (Å²) in [5.41, 5.74) is 0. The van der Waals surface area contributed by atoms with Crippen molar-refractivity contribution >= 4 is 0 Å². The molecule has 0 saturated heterocycles. The molecule has 0 fully saturated rings. The summed E-state index contributed by atoms with van der Waals surface area (Å²) < 4.78 is 9.89. The summed E-state index contributed by atoms with van der Waals surface area (Å²) in [6.07, 6.45) is 4.36. The lowest BCUT2D eigenvalue weighted by Crippen LogP contribution is -2.30. The van der Waals surface area contributed by atoms with E-state index in [2.05, 4.69) is 0 Å². The number of rotatable bonds is 2. The van der Waals surface area contributed by atoms with Crippen LogP contribution >= 0.6 is 0 Å². The van der Waals surface area contributed by atoms with Gasteiger partial charge < -0.3 is 14.6 Å². The lowest BCUT2D eigenvalue weighted by atomic mass is 10.1. The van der Waals surface area contributed by atoms with Crippen molar-refractivity contribution in [3.8, 4) is 0 Å². The molecule has 1 rings (SSSR count). The van der Waals surface area contributed by atoms with E-state index in [1.807, 2.05) is 0 Å². The van der Waals surface area contributed by atoms with Crippen molar-refractivity contribution in [2.75, 3.05) is 14.2 Å². The van der Waals surface area contributed by atoms with Crippen LogP contribution in [0, 0.1) is 0 Å². The fourth-order valence-corrected chi connectivity index (χ4v) is 1.02. The van der Waals surface area contributed by atoms with E-state index in [-0.39, 0.29) is 6.10 Å². The van der Waals surface area contributed by atoms with Gasteiger partial charge in [0, 0.05) is 7.11 Å². The quantitative estimate of drug-likeness (QED) is 0.631. The Labute approximate surface area is 65.9 Å². The third-order valence-electron chi connectivity index (χ3n) is 1.67. The Kier molecular flexibility index (Phi) is 2.68. The highest BCUT2D eigenvalue weighted by Crippen LogP contribution is 2.15. The van der Waals surface area contributed by atoms with E-state index in [1.165, 1.54) is 7.11 Å². The van der Waals surface area contributed by atoms with E-state index in [0.717, 1.165) is 0 Å². The van der Waals surface area contributed by atoms with Crippen LogP contribution in [0.2, 0.25) is 0 Å². The molecule has 3 nitrogen and oxygen atoms in total. The normalized spacial score (nSPS) is 29.9. The van der Waals surface area contributed by atoms with Gasteiger partial charge in [0.25, 0.3) is 0 Å². The molecule has 0 amide bonds. The molecule has 11 heavy (non-hydrogen) atoms. The second kappa shape index (κ2) is 3.55. The SMILES string of the molecule is COC1=CC=CC(OC)C1O. The Morgan fingerprint density at radius 3 is 2.73 bits per heavy atom. The molecule has 0 bridgehead atoms. The Morgan fingerprint density at radius 2 is 2.18 bits per heavy atom. The molecular formula is C8H12O3. The number of aliphatic hydroxyl groups excluding tert-OH is 1. The Morgan fingerprint density at radius 1 is 1.45 bits per heavy atom. The molecule has 0 radical (unpaired) electrons. The molecule has 2 unspecified atom stereocenters. The summed E-state index contributed by atoms with van der Waals surface area (Å²) >= 11 is 0. The van der Waals surface area contributed by atoms with E-state index >= 15 is 0 Å². The van der Waals surface area contributed by atoms with E-state index in [1.54, 1.807) is 25.3 Å². The van der Waals surface area contributed by atoms with Gasteiger partial charge >= 0.3 is 0 Å². The van der Waals surface area contributed by atoms with Crippen molar-refractivity contribution in [3.05, 3.63) is 24.0 Å². The number of hydrogen-bond donors (Lipinski definition) is 1. The van der Waals surface area contributed by atoms with Gasteiger partial charge in [-0.3, -0.25) is 0 Å². The second-order valence-corrected chi connectivity index (χ2v) is 2.30. The fourth-order valence-electron chi connectivity index (χ4n) is 1.02. The van der Waals surface area contributed by atoms with Crippen LogP contribution in [-0.4, -0.2) is 31.5 Å². The lowest BCUT2D eigenvalue weighted by molar-refractivity contribution is 0.00735. The molecule has 1 aliphatic rings. The van der Waals surface area contributed by atoms with Crippen molar-refractivity contribution in [2.24, 2.45) is 0 Å². The standard InChI is InChI=1S/C8H12O3/c1-10-6-4-3-5-7(11-2)8(6)9/h3-6,8-9H,1-2H3. The van der Waals surface area contributed by atoms with Gasteiger partial charge in [-0.05, 0) is 6.08 Å². The highest BCUT2D eigenvalue weighted by atomic mass is 16.5. The third kappa shape index (κ3) is 1.61. The molecule has 1 N–H and O–H groups in total. The van der Waals surface area contributed by atoms with Crippen molar-refractivity contribution in [3.63, 3.8) is 0 Å². The van der Waals surface area contributed by atoms with Crippen molar-refractivity contribution < 1.29 is 14.6 Å². The fraction of sp³-hybridized carbons (Fsp3) is 0.500. The van der Waals surface area contributed by atoms with E-state index < -0.39 is 6.10 Å². The Bertz CT molecular complexity index is 184. The summed E-state index contributed by atoms with van der Waals surface area (Å²) in [5.74, 6) is 0.541. The second-order valence-electron chi connectivity index (χ2n) is 2.30. The van der Waals surface area contributed by atoms with E-state index in [0.29, 0.717) is 5.76 Å². The van der Waals surface area contributed by atoms with Crippen LogP contribution in [0.15, 0.2) is 24.0 Å². The minimum Gasteiger partial charge on any atom is -0.498 e. The molecular weight excluding hydrogens is 144 g/mol. The minimum atomic E-state index is -0.671. The molecule has 0 aromatic carbocycles. The van der Waals surface area contributed by atoms with Gasteiger partial charge in [0.05, 0.1) is 7.11 Å². The van der Waals surface area contributed by atoms with Crippen molar-refractivity contribution in [2.45, 2.75) is 12.2 Å². The van der Waals surface area contributed by atoms with Crippen LogP contribution in [0.5, 0.6) is 0 Å². The Balaban J connectivity index is 2.68. The maximum Gasteiger partial charge on any atom is 0.141 e. The van der Waals surface area contributed by atoms with E-state index in [9.17, 15) is 5.11 Å². The van der Waals surface area contributed by atoms with Crippen molar-refractivity contribution in [1.29, 1.82) is 0 Å². The molecule has 2 atom stereocenters. The van der Waals surface area contributed by atoms with Gasteiger partial charge in [-0.2, -0.15) is 0 Å². The molecule has 3 heteroatoms. The average Bonchev–Trinajstić information content (AvgIpc) is 2.05. The van der Waals surface area contributed by atoms with Crippen LogP contribution in [0.25, 0.3) is 0 Å². The third-order valence-corrected chi connectivity index (χ3v) is 1.67. The van der Waals surface area contributed by atoms with Crippen molar-refractivity contribution in [1.82, 2.24) is 0 Å². The van der Waals surface area contributed by atoms with Gasteiger partial charge in [0.2, 0.25) is 0 Å². The van der Waals surface area contributed by atoms with Crippen LogP contribution in [0.1, 0.15) is 0 Å². The summed E-state index contributed by atoms with van der Waals surface area (Å²) in [5, 5.41) is 9.46. The molecule has 0 heterocycles. The maximum atomic E-state index is 9.46. The number of methoxy groups -OCH3 is 2. The number of allylic oxidation sites excluding steroid dienone is 2. The first-order valence-corrected chi connectivity index (χ1v) is 3.43. The van der Waals surface area contributed by atoms with Crippen LogP contribution < -0.4 is 0 Å². The van der Waals surface area contributed by atoms with Gasteiger partial charge in [-0.15, -0.1) is 0 Å². The Hall–Kier alpha value is -0.800. The molecule has 0 aromatic heterocycles. The molecule has 0 aliphatic heterocycles. The molecule has 62 valence electrons. The zero-order valence-corrected chi connectivity index (χ0v) is 6.65. The van der Waals surface area contributed by atoms with E-state index in [4.69, 9.17) is 9.47 Å². The number of hydrogen-bond acceptors (Lipinski definition) is 3. The van der Waals surface area contributed by atoms with Gasteiger partial charge in [-0.25, -0.2) is 0 Å². The number of ether oxygens (including phenoxy) is 2. The predicted molar refractivity (Wildman–Crippen MR) is 41.0 cm³/mol. The van der Waals surface area contributed by atoms with Crippen LogP contribution in [0.3, 0.4) is 0 Å². The zero-order chi connectivity index (χ0) is 8.27. The summed E-state index contributed by atoms with van der Waals surface area (Å²) in [4.78, 5) is 0. The lowest BCUT2D eigenvalue weighted by Gasteiger charge is -2.22. The topological polar surface area (TPSA) is 38.7 Å². The van der Waals surface area contributed by atoms with Crippen LogP contribution in [-0.2, 0) is 9.47 Å². The number of aliphatic hydroxyl groups is 1. The molecule has 0 aromatic rings. The average molecular weight is 156 g/mol. The minimum absolute atomic E-state index is 0.282. The predicted octanol–water partition coefficient (Wildman–Crippen LogP) is 0.462. The first kappa shape index (κ1) is 8.30. The highest BCUT2D eigenvalue weighted by molar-refractivity contribution is 5.21. The maximum absolute atomic E-state index is 9.46. The first-order valence-electron chi connectivity index (χ1n) is 3.43. The smallest absolute Gasteiger partial charge is 0.141 e. The molecule has 1 aliphatic carbocycles.